The average Bonchev–Trinajstić information content (AvgIpc) is 3.31. The summed E-state index contributed by atoms with van der Waals surface area (Å²) in [6.45, 7) is 5.71. The fourth-order valence-electron chi connectivity index (χ4n) is 3.81. The quantitative estimate of drug-likeness (QED) is 0.446. The van der Waals surface area contributed by atoms with Crippen molar-refractivity contribution in [2.45, 2.75) is 58.9 Å². The standard InChI is InChI=1S/C21H32N6/c1-16-13-17(2)27(26-16)20-11-10-19(14-24-20)15-25-21(22-3)23-12-6-9-18-7-4-5-8-18/h10-11,13-14,18H,4-9,12,15H2,1-3H3,(H2,22,23,25). The summed E-state index contributed by atoms with van der Waals surface area (Å²) in [7, 11) is 1.82. The van der Waals surface area contributed by atoms with E-state index in [4.69, 9.17) is 0 Å². The second-order valence-corrected chi connectivity index (χ2v) is 7.51. The van der Waals surface area contributed by atoms with Gasteiger partial charge in [0.1, 0.15) is 0 Å². The summed E-state index contributed by atoms with van der Waals surface area (Å²) >= 11 is 0. The van der Waals surface area contributed by atoms with Crippen LogP contribution in [0, 0.1) is 19.8 Å². The molecule has 0 radical (unpaired) electrons. The summed E-state index contributed by atoms with van der Waals surface area (Å²) in [5, 5.41) is 11.3. The van der Waals surface area contributed by atoms with Gasteiger partial charge in [0.2, 0.25) is 0 Å². The van der Waals surface area contributed by atoms with Crippen LogP contribution in [0.2, 0.25) is 0 Å². The molecule has 6 heteroatoms. The molecule has 2 N–H and O–H groups in total. The molecule has 0 amide bonds. The fourth-order valence-corrected chi connectivity index (χ4v) is 3.81. The lowest BCUT2D eigenvalue weighted by atomic mass is 10.0. The highest BCUT2D eigenvalue weighted by Crippen LogP contribution is 2.28. The molecule has 1 fully saturated rings. The maximum absolute atomic E-state index is 4.55. The van der Waals surface area contributed by atoms with Crippen molar-refractivity contribution in [2.75, 3.05) is 13.6 Å². The number of nitrogens with one attached hydrogen (secondary N) is 2. The van der Waals surface area contributed by atoms with E-state index in [1.807, 2.05) is 37.8 Å². The molecule has 146 valence electrons. The Morgan fingerprint density at radius 2 is 2.04 bits per heavy atom. The van der Waals surface area contributed by atoms with Crippen LogP contribution in [0.3, 0.4) is 0 Å². The van der Waals surface area contributed by atoms with E-state index in [0.29, 0.717) is 6.54 Å². The number of nitrogens with zero attached hydrogens (tertiary/aromatic N) is 4. The van der Waals surface area contributed by atoms with E-state index in [2.05, 4.69) is 37.8 Å². The smallest absolute Gasteiger partial charge is 0.191 e. The molecule has 0 saturated heterocycles. The number of rotatable bonds is 7. The van der Waals surface area contributed by atoms with Crippen LogP contribution in [0.4, 0.5) is 0 Å². The molecule has 1 aliphatic carbocycles. The lowest BCUT2D eigenvalue weighted by molar-refractivity contribution is 0.481. The molecule has 0 spiro atoms. The highest BCUT2D eigenvalue weighted by atomic mass is 15.3. The summed E-state index contributed by atoms with van der Waals surface area (Å²) in [5.41, 5.74) is 3.21. The minimum Gasteiger partial charge on any atom is -0.356 e. The zero-order valence-electron chi connectivity index (χ0n) is 16.8. The maximum atomic E-state index is 4.55. The highest BCUT2D eigenvalue weighted by Gasteiger charge is 2.14. The van der Waals surface area contributed by atoms with E-state index in [9.17, 15) is 0 Å². The average molecular weight is 369 g/mol. The van der Waals surface area contributed by atoms with E-state index in [-0.39, 0.29) is 0 Å². The van der Waals surface area contributed by atoms with Crippen molar-refractivity contribution in [3.8, 4) is 5.82 Å². The Hall–Kier alpha value is -2.37. The fraction of sp³-hybridized carbons (Fsp3) is 0.571. The molecular formula is C21H32N6. The number of aliphatic imine (C=N–C) groups is 1. The van der Waals surface area contributed by atoms with Crippen molar-refractivity contribution in [1.29, 1.82) is 0 Å². The predicted molar refractivity (Wildman–Crippen MR) is 110 cm³/mol. The Kier molecular flexibility index (Phi) is 6.85. The van der Waals surface area contributed by atoms with E-state index in [1.54, 1.807) is 0 Å². The number of aromatic nitrogens is 3. The molecule has 1 aliphatic rings. The number of aryl methyl sites for hydroxylation is 2. The lowest BCUT2D eigenvalue weighted by Crippen LogP contribution is -2.37. The number of guanidine groups is 1. The van der Waals surface area contributed by atoms with Gasteiger partial charge in [-0.05, 0) is 50.3 Å². The molecule has 0 atom stereocenters. The van der Waals surface area contributed by atoms with Crippen LogP contribution in [-0.4, -0.2) is 34.3 Å². The maximum Gasteiger partial charge on any atom is 0.191 e. The third-order valence-corrected chi connectivity index (χ3v) is 5.28. The molecular weight excluding hydrogens is 336 g/mol. The zero-order chi connectivity index (χ0) is 19.1. The van der Waals surface area contributed by atoms with Gasteiger partial charge in [0.25, 0.3) is 0 Å². The van der Waals surface area contributed by atoms with Crippen molar-refractivity contribution in [1.82, 2.24) is 25.4 Å². The largest absolute Gasteiger partial charge is 0.356 e. The lowest BCUT2D eigenvalue weighted by Gasteiger charge is -2.13. The summed E-state index contributed by atoms with van der Waals surface area (Å²) in [5.74, 6) is 2.65. The van der Waals surface area contributed by atoms with E-state index >= 15 is 0 Å². The Balaban J connectivity index is 1.43. The van der Waals surface area contributed by atoms with Gasteiger partial charge in [-0.3, -0.25) is 4.99 Å². The van der Waals surface area contributed by atoms with Crippen molar-refractivity contribution >= 4 is 5.96 Å². The topological polar surface area (TPSA) is 67.1 Å². The minimum atomic E-state index is 0.701. The minimum absolute atomic E-state index is 0.701. The Labute approximate surface area is 162 Å². The zero-order valence-corrected chi connectivity index (χ0v) is 16.8. The first-order chi connectivity index (χ1) is 13.2. The number of hydrogen-bond donors (Lipinski definition) is 2. The Morgan fingerprint density at radius 1 is 1.22 bits per heavy atom. The Bertz CT molecular complexity index is 741. The molecule has 3 rings (SSSR count). The molecule has 1 saturated carbocycles. The van der Waals surface area contributed by atoms with Crippen LogP contribution in [0.1, 0.15) is 55.5 Å². The van der Waals surface area contributed by atoms with Crippen molar-refractivity contribution < 1.29 is 0 Å². The monoisotopic (exact) mass is 368 g/mol. The second kappa shape index (κ2) is 9.53. The van der Waals surface area contributed by atoms with Gasteiger partial charge >= 0.3 is 0 Å². The van der Waals surface area contributed by atoms with E-state index in [0.717, 1.165) is 41.2 Å². The van der Waals surface area contributed by atoms with E-state index < -0.39 is 0 Å². The van der Waals surface area contributed by atoms with Gasteiger partial charge in [-0.1, -0.05) is 31.7 Å². The Morgan fingerprint density at radius 3 is 2.67 bits per heavy atom. The third-order valence-electron chi connectivity index (χ3n) is 5.28. The van der Waals surface area contributed by atoms with Gasteiger partial charge in [0, 0.05) is 32.0 Å². The highest BCUT2D eigenvalue weighted by molar-refractivity contribution is 5.79. The summed E-state index contributed by atoms with van der Waals surface area (Å²) in [6, 6.07) is 6.15. The van der Waals surface area contributed by atoms with Gasteiger partial charge < -0.3 is 10.6 Å². The van der Waals surface area contributed by atoms with Gasteiger partial charge in [-0.15, -0.1) is 0 Å². The van der Waals surface area contributed by atoms with Gasteiger partial charge in [-0.25, -0.2) is 9.67 Å². The summed E-state index contributed by atoms with van der Waals surface area (Å²) in [4.78, 5) is 8.86. The van der Waals surface area contributed by atoms with Crippen molar-refractivity contribution in [3.63, 3.8) is 0 Å². The number of hydrogen-bond acceptors (Lipinski definition) is 3. The molecule has 0 unspecified atom stereocenters. The van der Waals surface area contributed by atoms with Crippen LogP contribution in [-0.2, 0) is 6.54 Å². The molecule has 2 heterocycles. The van der Waals surface area contributed by atoms with Gasteiger partial charge in [-0.2, -0.15) is 5.10 Å². The van der Waals surface area contributed by atoms with E-state index in [1.165, 1.54) is 38.5 Å². The van der Waals surface area contributed by atoms with Crippen LogP contribution in [0.25, 0.3) is 5.82 Å². The molecule has 27 heavy (non-hydrogen) atoms. The third kappa shape index (κ3) is 5.55. The first kappa shape index (κ1) is 19.4. The molecule has 6 nitrogen and oxygen atoms in total. The molecule has 0 aliphatic heterocycles. The van der Waals surface area contributed by atoms with Crippen LogP contribution in [0.15, 0.2) is 29.4 Å². The molecule has 0 aromatic carbocycles. The van der Waals surface area contributed by atoms with Crippen LogP contribution in [0.5, 0.6) is 0 Å². The SMILES string of the molecule is CN=C(NCCCC1CCCC1)NCc1ccc(-n2nc(C)cc2C)nc1. The number of pyridine rings is 1. The van der Waals surface area contributed by atoms with Crippen LogP contribution < -0.4 is 10.6 Å². The normalized spacial score (nSPS) is 15.3. The predicted octanol–water partition coefficient (Wildman–Crippen LogP) is 3.52. The first-order valence-corrected chi connectivity index (χ1v) is 10.1. The summed E-state index contributed by atoms with van der Waals surface area (Å²) < 4.78 is 1.87. The first-order valence-electron chi connectivity index (χ1n) is 10.1. The van der Waals surface area contributed by atoms with Crippen molar-refractivity contribution in [2.24, 2.45) is 10.9 Å². The van der Waals surface area contributed by atoms with Crippen molar-refractivity contribution in [3.05, 3.63) is 41.3 Å². The summed E-state index contributed by atoms with van der Waals surface area (Å²) in [6.07, 6.45) is 10.1. The molecule has 0 bridgehead atoms. The second-order valence-electron chi connectivity index (χ2n) is 7.51. The van der Waals surface area contributed by atoms with Crippen LogP contribution >= 0.6 is 0 Å². The molecule has 2 aromatic rings. The molecule has 2 aromatic heterocycles. The van der Waals surface area contributed by atoms with Gasteiger partial charge in [0.15, 0.2) is 11.8 Å². The van der Waals surface area contributed by atoms with Gasteiger partial charge in [0.05, 0.1) is 5.69 Å².